The molecule has 32 heavy (non-hydrogen) atoms. The third kappa shape index (κ3) is 5.64. The number of rotatable bonds is 8. The number of nitrogens with one attached hydrogen (secondary N) is 1. The summed E-state index contributed by atoms with van der Waals surface area (Å²) in [6.45, 7) is 3.29. The largest absolute Gasteiger partial charge is 0.482 e. The lowest BCUT2D eigenvalue weighted by Gasteiger charge is -2.29. The Bertz CT molecular complexity index is 1070. The van der Waals surface area contributed by atoms with Crippen molar-refractivity contribution in [2.45, 2.75) is 26.7 Å². The van der Waals surface area contributed by atoms with Gasteiger partial charge in [-0.15, -0.1) is 0 Å². The molecule has 2 aromatic rings. The molecule has 1 heterocycles. The summed E-state index contributed by atoms with van der Waals surface area (Å²) >= 11 is 6.00. The number of nitrogens with zero attached hydrogens (tertiary/aromatic N) is 1. The zero-order chi connectivity index (χ0) is 23.3. The highest BCUT2D eigenvalue weighted by molar-refractivity contribution is 6.31. The Morgan fingerprint density at radius 1 is 1.16 bits per heavy atom. The van der Waals surface area contributed by atoms with E-state index < -0.39 is 17.8 Å². The topological polar surface area (TPSA) is 102 Å². The summed E-state index contributed by atoms with van der Waals surface area (Å²) in [5, 5.41) is 3.23. The predicted molar refractivity (Wildman–Crippen MR) is 119 cm³/mol. The van der Waals surface area contributed by atoms with Gasteiger partial charge in [-0.1, -0.05) is 17.7 Å². The van der Waals surface area contributed by atoms with Gasteiger partial charge in [0.1, 0.15) is 12.3 Å². The molecule has 0 spiro atoms. The van der Waals surface area contributed by atoms with Crippen molar-refractivity contribution in [3.05, 3.63) is 52.5 Å². The van der Waals surface area contributed by atoms with Crippen molar-refractivity contribution in [3.8, 4) is 5.75 Å². The van der Waals surface area contributed by atoms with Crippen LogP contribution in [0.4, 0.5) is 11.4 Å². The third-order valence-corrected chi connectivity index (χ3v) is 5.10. The van der Waals surface area contributed by atoms with E-state index in [2.05, 4.69) is 5.32 Å². The van der Waals surface area contributed by atoms with Crippen molar-refractivity contribution < 1.29 is 28.7 Å². The van der Waals surface area contributed by atoms with Gasteiger partial charge in [0, 0.05) is 22.7 Å². The van der Waals surface area contributed by atoms with Crippen LogP contribution in [0, 0.1) is 6.92 Å². The maximum atomic E-state index is 12.7. The second kappa shape index (κ2) is 10.3. The Morgan fingerprint density at radius 3 is 2.69 bits per heavy atom. The number of aryl methyl sites for hydroxylation is 1. The van der Waals surface area contributed by atoms with Gasteiger partial charge in [-0.25, -0.2) is 0 Å². The number of hydrogen-bond acceptors (Lipinski definition) is 6. The van der Waals surface area contributed by atoms with Gasteiger partial charge in [0.2, 0.25) is 5.91 Å². The molecule has 0 bridgehead atoms. The molecule has 8 nitrogen and oxygen atoms in total. The number of hydrogen-bond donors (Lipinski definition) is 1. The van der Waals surface area contributed by atoms with E-state index in [0.717, 1.165) is 5.56 Å². The van der Waals surface area contributed by atoms with Crippen molar-refractivity contribution in [3.63, 3.8) is 0 Å². The number of anilines is 2. The van der Waals surface area contributed by atoms with Gasteiger partial charge < -0.3 is 14.8 Å². The monoisotopic (exact) mass is 458 g/mol. The number of ether oxygens (including phenoxy) is 2. The van der Waals surface area contributed by atoms with Crippen LogP contribution < -0.4 is 15.0 Å². The van der Waals surface area contributed by atoms with Gasteiger partial charge >= 0.3 is 5.97 Å². The van der Waals surface area contributed by atoms with Crippen molar-refractivity contribution >= 4 is 46.5 Å². The number of benzene rings is 2. The van der Waals surface area contributed by atoms with E-state index in [4.69, 9.17) is 21.1 Å². The van der Waals surface area contributed by atoms with E-state index in [1.54, 1.807) is 37.3 Å². The fourth-order valence-corrected chi connectivity index (χ4v) is 3.38. The van der Waals surface area contributed by atoms with E-state index in [0.29, 0.717) is 27.7 Å². The molecule has 0 saturated heterocycles. The standard InChI is InChI=1S/C23H23ClN2O6/c1-3-31-23(30)9-7-19(27)15-5-8-20-18(10-15)26(22(29)13-32-20)12-21(28)25-17-11-16(24)6-4-14(17)2/h4-6,8,10-11H,3,7,9,12-13H2,1-2H3,(H,25,28). The molecule has 0 fully saturated rings. The number of ketones is 1. The molecule has 3 rings (SSSR count). The van der Waals surface area contributed by atoms with Crippen LogP contribution in [0.25, 0.3) is 0 Å². The highest BCUT2D eigenvalue weighted by Crippen LogP contribution is 2.33. The molecular weight excluding hydrogens is 436 g/mol. The normalized spacial score (nSPS) is 12.6. The molecular formula is C23H23ClN2O6. The molecule has 9 heteroatoms. The van der Waals surface area contributed by atoms with Crippen LogP contribution in [0.2, 0.25) is 5.02 Å². The Labute approximate surface area is 190 Å². The van der Waals surface area contributed by atoms with Crippen LogP contribution in [0.1, 0.15) is 35.7 Å². The van der Waals surface area contributed by atoms with Crippen LogP contribution in [-0.2, 0) is 19.1 Å². The number of fused-ring (bicyclic) bond motifs is 1. The van der Waals surface area contributed by atoms with Crippen LogP contribution in [0.15, 0.2) is 36.4 Å². The maximum Gasteiger partial charge on any atom is 0.306 e. The van der Waals surface area contributed by atoms with Crippen LogP contribution >= 0.6 is 11.6 Å². The zero-order valence-electron chi connectivity index (χ0n) is 17.8. The minimum Gasteiger partial charge on any atom is -0.482 e. The fourth-order valence-electron chi connectivity index (χ4n) is 3.20. The van der Waals surface area contributed by atoms with Crippen molar-refractivity contribution in [1.82, 2.24) is 0 Å². The number of Topliss-reactive ketones (excluding diaryl/α,β-unsaturated/α-hetero) is 1. The second-order valence-corrected chi connectivity index (χ2v) is 7.62. The minimum absolute atomic E-state index is 0.0268. The van der Waals surface area contributed by atoms with Crippen molar-refractivity contribution in [1.29, 1.82) is 0 Å². The first kappa shape index (κ1) is 23.3. The van der Waals surface area contributed by atoms with E-state index in [-0.39, 0.29) is 38.4 Å². The number of carbonyl (C=O) groups is 4. The van der Waals surface area contributed by atoms with E-state index >= 15 is 0 Å². The Kier molecular flexibility index (Phi) is 7.48. The van der Waals surface area contributed by atoms with Gasteiger partial charge in [0.25, 0.3) is 5.91 Å². The minimum atomic E-state index is -0.452. The first-order valence-electron chi connectivity index (χ1n) is 10.1. The second-order valence-electron chi connectivity index (χ2n) is 7.19. The molecule has 168 valence electrons. The average molecular weight is 459 g/mol. The average Bonchev–Trinajstić information content (AvgIpc) is 2.76. The molecule has 1 N–H and O–H groups in total. The Hall–Kier alpha value is -3.39. The SMILES string of the molecule is CCOC(=O)CCC(=O)c1ccc2c(c1)N(CC(=O)Nc1cc(Cl)ccc1C)C(=O)CO2. The highest BCUT2D eigenvalue weighted by Gasteiger charge is 2.28. The highest BCUT2D eigenvalue weighted by atomic mass is 35.5. The molecule has 1 aliphatic rings. The molecule has 0 atom stereocenters. The van der Waals surface area contributed by atoms with E-state index in [1.165, 1.54) is 11.0 Å². The molecule has 2 amide bonds. The third-order valence-electron chi connectivity index (χ3n) is 4.86. The quantitative estimate of drug-likeness (QED) is 0.479. The molecule has 0 saturated carbocycles. The number of amides is 2. The Balaban J connectivity index is 1.76. The van der Waals surface area contributed by atoms with Gasteiger partial charge in [-0.3, -0.25) is 24.1 Å². The number of halogens is 1. The zero-order valence-corrected chi connectivity index (χ0v) is 18.5. The lowest BCUT2D eigenvalue weighted by molar-refractivity contribution is -0.143. The van der Waals surface area contributed by atoms with Crippen molar-refractivity contribution in [2.24, 2.45) is 0 Å². The van der Waals surface area contributed by atoms with E-state index in [1.807, 2.05) is 6.92 Å². The lowest BCUT2D eigenvalue weighted by Crippen LogP contribution is -2.43. The summed E-state index contributed by atoms with van der Waals surface area (Å²) in [5.74, 6) is -1.18. The summed E-state index contributed by atoms with van der Waals surface area (Å²) < 4.78 is 10.3. The van der Waals surface area contributed by atoms with Gasteiger partial charge in [-0.05, 0) is 49.7 Å². The van der Waals surface area contributed by atoms with E-state index in [9.17, 15) is 19.2 Å². The van der Waals surface area contributed by atoms with Gasteiger partial charge in [0.05, 0.1) is 18.7 Å². The molecule has 2 aromatic carbocycles. The Morgan fingerprint density at radius 2 is 1.94 bits per heavy atom. The molecule has 1 aliphatic heterocycles. The molecule has 0 aliphatic carbocycles. The maximum absolute atomic E-state index is 12.7. The van der Waals surface area contributed by atoms with Crippen LogP contribution in [-0.4, -0.2) is 43.3 Å². The summed E-state index contributed by atoms with van der Waals surface area (Å²) in [7, 11) is 0. The first-order chi connectivity index (χ1) is 15.3. The van der Waals surface area contributed by atoms with Gasteiger partial charge in [0.15, 0.2) is 12.4 Å². The predicted octanol–water partition coefficient (Wildman–Crippen LogP) is 3.54. The molecule has 0 aromatic heterocycles. The van der Waals surface area contributed by atoms with Crippen LogP contribution in [0.3, 0.4) is 0 Å². The first-order valence-corrected chi connectivity index (χ1v) is 10.5. The summed E-state index contributed by atoms with van der Waals surface area (Å²) in [6.07, 6.45) is -0.0642. The number of esters is 1. The summed E-state index contributed by atoms with van der Waals surface area (Å²) in [4.78, 5) is 50.5. The van der Waals surface area contributed by atoms with Crippen LogP contribution in [0.5, 0.6) is 5.75 Å². The molecule has 0 unspecified atom stereocenters. The number of carbonyl (C=O) groups excluding carboxylic acids is 4. The fraction of sp³-hybridized carbons (Fsp3) is 0.304. The lowest BCUT2D eigenvalue weighted by atomic mass is 10.0. The summed E-state index contributed by atoms with van der Waals surface area (Å²) in [6, 6.07) is 9.76. The molecule has 0 radical (unpaired) electrons. The summed E-state index contributed by atoms with van der Waals surface area (Å²) in [5.41, 5.74) is 2.00. The van der Waals surface area contributed by atoms with Crippen molar-refractivity contribution in [2.75, 3.05) is 30.0 Å². The van der Waals surface area contributed by atoms with Gasteiger partial charge in [-0.2, -0.15) is 0 Å². The smallest absolute Gasteiger partial charge is 0.306 e.